The monoisotopic (exact) mass is 412 g/mol. The van der Waals surface area contributed by atoms with Gasteiger partial charge in [0, 0.05) is 35.2 Å². The molecule has 1 aliphatic heterocycles. The Hall–Kier alpha value is -3.14. The highest BCUT2D eigenvalue weighted by molar-refractivity contribution is 6.04. The van der Waals surface area contributed by atoms with Gasteiger partial charge in [-0.1, -0.05) is 39.0 Å². The molecular weight excluding hydrogens is 384 g/mol. The molecule has 1 aliphatic carbocycles. The van der Waals surface area contributed by atoms with Crippen molar-refractivity contribution in [2.75, 3.05) is 11.9 Å². The van der Waals surface area contributed by atoms with Gasteiger partial charge in [0.2, 0.25) is 0 Å². The van der Waals surface area contributed by atoms with Gasteiger partial charge in [0.25, 0.3) is 0 Å². The molecule has 0 spiro atoms. The molecule has 0 fully saturated rings. The first-order valence-corrected chi connectivity index (χ1v) is 11.1. The standard InChI is InChI=1S/C27H28N2O2/c1-4-14-31-18-9-7-17(8-10-18)24-20-11-12-21-19(6-5-13-28-21)26(20)29-22-15-27(2,3)16-23(30)25(22)24/h5-13,24,29H,4,14-16H2,1-3H3. The third kappa shape index (κ3) is 3.50. The van der Waals surface area contributed by atoms with E-state index in [0.29, 0.717) is 13.0 Å². The topological polar surface area (TPSA) is 51.2 Å². The van der Waals surface area contributed by atoms with Crippen LogP contribution in [0.3, 0.4) is 0 Å². The van der Waals surface area contributed by atoms with Crippen LogP contribution in [0.1, 0.15) is 57.1 Å². The number of rotatable bonds is 4. The van der Waals surface area contributed by atoms with E-state index < -0.39 is 0 Å². The Bertz CT molecular complexity index is 1190. The fourth-order valence-electron chi connectivity index (χ4n) is 4.96. The van der Waals surface area contributed by atoms with Crippen LogP contribution < -0.4 is 10.1 Å². The first kappa shape index (κ1) is 19.8. The van der Waals surface area contributed by atoms with E-state index in [1.807, 2.05) is 24.4 Å². The number of fused-ring (bicyclic) bond motifs is 3. The van der Waals surface area contributed by atoms with Gasteiger partial charge in [-0.15, -0.1) is 0 Å². The van der Waals surface area contributed by atoms with Crippen molar-refractivity contribution in [1.82, 2.24) is 4.98 Å². The lowest BCUT2D eigenvalue weighted by Gasteiger charge is -2.39. The molecule has 2 aromatic carbocycles. The molecule has 158 valence electrons. The van der Waals surface area contributed by atoms with Gasteiger partial charge in [0.15, 0.2) is 5.78 Å². The Labute approximate surface area is 183 Å². The molecule has 3 aromatic rings. The molecule has 1 atom stereocenters. The largest absolute Gasteiger partial charge is 0.494 e. The highest BCUT2D eigenvalue weighted by atomic mass is 16.5. The van der Waals surface area contributed by atoms with E-state index in [-0.39, 0.29) is 17.1 Å². The van der Waals surface area contributed by atoms with Crippen molar-refractivity contribution in [3.05, 3.63) is 77.1 Å². The number of nitrogens with zero attached hydrogens (tertiary/aromatic N) is 1. The van der Waals surface area contributed by atoms with Gasteiger partial charge in [-0.2, -0.15) is 0 Å². The minimum absolute atomic E-state index is 0.0499. The van der Waals surface area contributed by atoms with E-state index in [1.54, 1.807) is 0 Å². The van der Waals surface area contributed by atoms with E-state index in [2.05, 4.69) is 61.4 Å². The van der Waals surface area contributed by atoms with Crippen LogP contribution in [0.15, 0.2) is 66.0 Å². The van der Waals surface area contributed by atoms with Gasteiger partial charge in [-0.3, -0.25) is 9.78 Å². The van der Waals surface area contributed by atoms with Gasteiger partial charge in [-0.05, 0) is 59.7 Å². The number of anilines is 1. The van der Waals surface area contributed by atoms with E-state index in [4.69, 9.17) is 4.74 Å². The molecule has 1 N–H and O–H groups in total. The number of Topliss-reactive ketones (excluding diaryl/α,β-unsaturated/α-hetero) is 1. The zero-order chi connectivity index (χ0) is 21.6. The molecule has 0 bridgehead atoms. The van der Waals surface area contributed by atoms with Crippen LogP contribution in [-0.2, 0) is 4.79 Å². The van der Waals surface area contributed by atoms with Gasteiger partial charge >= 0.3 is 0 Å². The quantitative estimate of drug-likeness (QED) is 0.552. The van der Waals surface area contributed by atoms with E-state index >= 15 is 0 Å². The van der Waals surface area contributed by atoms with Crippen molar-refractivity contribution in [1.29, 1.82) is 0 Å². The SMILES string of the molecule is CCCOc1ccc(C2C3=C(CC(C)(C)CC3=O)Nc3c2ccc2ncccc32)cc1. The van der Waals surface area contributed by atoms with Gasteiger partial charge in [-0.25, -0.2) is 0 Å². The Balaban J connectivity index is 1.68. The van der Waals surface area contributed by atoms with Crippen molar-refractivity contribution in [3.63, 3.8) is 0 Å². The van der Waals surface area contributed by atoms with Crippen LogP contribution in [-0.4, -0.2) is 17.4 Å². The maximum Gasteiger partial charge on any atom is 0.162 e. The molecule has 1 aromatic heterocycles. The molecule has 0 amide bonds. The van der Waals surface area contributed by atoms with Crippen LogP contribution in [0.2, 0.25) is 0 Å². The summed E-state index contributed by atoms with van der Waals surface area (Å²) >= 11 is 0. The average Bonchev–Trinajstić information content (AvgIpc) is 2.76. The number of ether oxygens (including phenoxy) is 1. The minimum atomic E-state index is -0.0836. The number of benzene rings is 2. The van der Waals surface area contributed by atoms with Crippen molar-refractivity contribution in [2.24, 2.45) is 5.41 Å². The molecule has 0 saturated heterocycles. The number of aromatic nitrogens is 1. The molecule has 2 aliphatic rings. The Morgan fingerprint density at radius 1 is 1.10 bits per heavy atom. The van der Waals surface area contributed by atoms with Crippen molar-refractivity contribution < 1.29 is 9.53 Å². The van der Waals surface area contributed by atoms with Crippen molar-refractivity contribution in [2.45, 2.75) is 46.0 Å². The molecule has 2 heterocycles. The normalized spacial score (nSPS) is 19.6. The molecule has 5 rings (SSSR count). The van der Waals surface area contributed by atoms with E-state index in [1.165, 1.54) is 0 Å². The summed E-state index contributed by atoms with van der Waals surface area (Å²) in [5.41, 5.74) is 6.21. The predicted octanol–water partition coefficient (Wildman–Crippen LogP) is 6.22. The summed E-state index contributed by atoms with van der Waals surface area (Å²) in [6.45, 7) is 7.15. The maximum absolute atomic E-state index is 13.4. The first-order chi connectivity index (χ1) is 15.0. The predicted molar refractivity (Wildman–Crippen MR) is 124 cm³/mol. The van der Waals surface area contributed by atoms with E-state index in [9.17, 15) is 4.79 Å². The molecule has 0 saturated carbocycles. The van der Waals surface area contributed by atoms with Crippen LogP contribution in [0.25, 0.3) is 10.9 Å². The number of hydrogen-bond donors (Lipinski definition) is 1. The smallest absolute Gasteiger partial charge is 0.162 e. The van der Waals surface area contributed by atoms with Gasteiger partial charge < -0.3 is 10.1 Å². The number of ketones is 1. The van der Waals surface area contributed by atoms with Crippen molar-refractivity contribution in [3.8, 4) is 5.75 Å². The number of nitrogens with one attached hydrogen (secondary N) is 1. The summed E-state index contributed by atoms with van der Waals surface area (Å²) in [6.07, 6.45) is 4.23. The minimum Gasteiger partial charge on any atom is -0.494 e. The fraction of sp³-hybridized carbons (Fsp3) is 0.333. The zero-order valence-electron chi connectivity index (χ0n) is 18.4. The number of pyridine rings is 1. The summed E-state index contributed by atoms with van der Waals surface area (Å²) in [7, 11) is 0. The molecular formula is C27H28N2O2. The highest BCUT2D eigenvalue weighted by Crippen LogP contribution is 2.50. The maximum atomic E-state index is 13.4. The highest BCUT2D eigenvalue weighted by Gasteiger charge is 2.40. The molecule has 4 nitrogen and oxygen atoms in total. The molecule has 1 unspecified atom stereocenters. The number of carbonyl (C=O) groups is 1. The molecule has 0 radical (unpaired) electrons. The molecule has 4 heteroatoms. The van der Waals surface area contributed by atoms with Crippen molar-refractivity contribution >= 4 is 22.4 Å². The average molecular weight is 413 g/mol. The third-order valence-corrected chi connectivity index (χ3v) is 6.30. The summed E-state index contributed by atoms with van der Waals surface area (Å²) in [5.74, 6) is 1.03. The van der Waals surface area contributed by atoms with Crippen LogP contribution in [0.5, 0.6) is 5.75 Å². The number of carbonyl (C=O) groups excluding carboxylic acids is 1. The van der Waals surface area contributed by atoms with E-state index in [0.717, 1.165) is 57.6 Å². The number of hydrogen-bond acceptors (Lipinski definition) is 4. The fourth-order valence-corrected chi connectivity index (χ4v) is 4.96. The summed E-state index contributed by atoms with van der Waals surface area (Å²) < 4.78 is 5.78. The van der Waals surface area contributed by atoms with Gasteiger partial charge in [0.1, 0.15) is 5.75 Å². The molecule has 31 heavy (non-hydrogen) atoms. The third-order valence-electron chi connectivity index (χ3n) is 6.30. The summed E-state index contributed by atoms with van der Waals surface area (Å²) in [5, 5.41) is 4.75. The Kier molecular flexibility index (Phi) is 4.81. The second-order valence-electron chi connectivity index (χ2n) is 9.41. The van der Waals surface area contributed by atoms with Crippen LogP contribution >= 0.6 is 0 Å². The second kappa shape index (κ2) is 7.52. The van der Waals surface area contributed by atoms with Gasteiger partial charge in [0.05, 0.1) is 17.8 Å². The zero-order valence-corrected chi connectivity index (χ0v) is 18.4. The lowest BCUT2D eigenvalue weighted by Crippen LogP contribution is -2.33. The van der Waals surface area contributed by atoms with Crippen LogP contribution in [0.4, 0.5) is 5.69 Å². The summed E-state index contributed by atoms with van der Waals surface area (Å²) in [6, 6.07) is 16.5. The lowest BCUT2D eigenvalue weighted by molar-refractivity contribution is -0.118. The first-order valence-electron chi connectivity index (χ1n) is 11.1. The number of allylic oxidation sites excluding steroid dienone is 2. The second-order valence-corrected chi connectivity index (χ2v) is 9.41. The lowest BCUT2D eigenvalue weighted by atomic mass is 9.68. The Morgan fingerprint density at radius 2 is 1.90 bits per heavy atom. The summed E-state index contributed by atoms with van der Waals surface area (Å²) in [4.78, 5) is 17.9. The van der Waals surface area contributed by atoms with Crippen LogP contribution in [0, 0.1) is 5.41 Å². The Morgan fingerprint density at radius 3 is 2.68 bits per heavy atom.